The van der Waals surface area contributed by atoms with Gasteiger partial charge in [-0.15, -0.1) is 0 Å². The van der Waals surface area contributed by atoms with Gasteiger partial charge in [-0.25, -0.2) is 0 Å². The molecular formula is C21H24ClNO4. The molecule has 2 rings (SSSR count). The summed E-state index contributed by atoms with van der Waals surface area (Å²) >= 11 is 6.22. The second-order valence-electron chi connectivity index (χ2n) is 6.87. The molecule has 0 aliphatic rings. The van der Waals surface area contributed by atoms with Gasteiger partial charge >= 0.3 is 5.97 Å². The number of rotatable bonds is 8. The summed E-state index contributed by atoms with van der Waals surface area (Å²) in [5, 5.41) is 12.8. The quantitative estimate of drug-likeness (QED) is 0.722. The van der Waals surface area contributed by atoms with E-state index >= 15 is 0 Å². The molecule has 0 heterocycles. The molecule has 0 saturated carbocycles. The number of hydrogen-bond donors (Lipinski definition) is 2. The zero-order chi connectivity index (χ0) is 20.0. The summed E-state index contributed by atoms with van der Waals surface area (Å²) < 4.78 is 5.28. The van der Waals surface area contributed by atoms with E-state index in [9.17, 15) is 14.7 Å². The minimum Gasteiger partial charge on any atom is -0.496 e. The van der Waals surface area contributed by atoms with Gasteiger partial charge in [-0.05, 0) is 43.5 Å². The van der Waals surface area contributed by atoms with E-state index in [1.165, 1.54) is 0 Å². The number of para-hydroxylation sites is 1. The highest BCUT2D eigenvalue weighted by molar-refractivity contribution is 6.31. The molecule has 0 fully saturated rings. The number of nitrogens with one attached hydrogen (secondary N) is 1. The van der Waals surface area contributed by atoms with Gasteiger partial charge in [0, 0.05) is 11.6 Å². The fourth-order valence-electron chi connectivity index (χ4n) is 2.91. The number of carboxylic acid groups (broad SMARTS) is 1. The first-order valence-electron chi connectivity index (χ1n) is 8.65. The fraction of sp³-hybridized carbons (Fsp3) is 0.333. The molecule has 0 aromatic heterocycles. The highest BCUT2D eigenvalue weighted by Crippen LogP contribution is 2.30. The summed E-state index contributed by atoms with van der Waals surface area (Å²) in [4.78, 5) is 24.4. The Morgan fingerprint density at radius 3 is 2.41 bits per heavy atom. The van der Waals surface area contributed by atoms with Crippen LogP contribution >= 0.6 is 11.6 Å². The molecule has 27 heavy (non-hydrogen) atoms. The Morgan fingerprint density at radius 1 is 1.15 bits per heavy atom. The van der Waals surface area contributed by atoms with Crippen LogP contribution in [0.4, 0.5) is 0 Å². The number of halogens is 1. The first-order valence-corrected chi connectivity index (χ1v) is 9.03. The van der Waals surface area contributed by atoms with E-state index in [2.05, 4.69) is 5.32 Å². The molecule has 2 aromatic carbocycles. The predicted octanol–water partition coefficient (Wildman–Crippen LogP) is 3.69. The van der Waals surface area contributed by atoms with Crippen LogP contribution in [0.25, 0.3) is 0 Å². The number of carbonyl (C=O) groups excluding carboxylic acids is 1. The minimum atomic E-state index is -0.975. The van der Waals surface area contributed by atoms with Gasteiger partial charge in [0.05, 0.1) is 18.4 Å². The molecule has 2 aromatic rings. The van der Waals surface area contributed by atoms with E-state index in [4.69, 9.17) is 16.3 Å². The maximum atomic E-state index is 12.7. The highest BCUT2D eigenvalue weighted by atomic mass is 35.5. The number of amides is 1. The molecule has 1 amide bonds. The lowest BCUT2D eigenvalue weighted by atomic mass is 9.83. The summed E-state index contributed by atoms with van der Waals surface area (Å²) in [6.07, 6.45) is 0.256. The molecular weight excluding hydrogens is 366 g/mol. The Hall–Kier alpha value is -2.53. The number of benzene rings is 2. The van der Waals surface area contributed by atoms with Crippen LogP contribution in [0.5, 0.6) is 5.75 Å². The van der Waals surface area contributed by atoms with Crippen LogP contribution in [0.15, 0.2) is 48.5 Å². The van der Waals surface area contributed by atoms with Gasteiger partial charge in [0.25, 0.3) is 0 Å². The lowest BCUT2D eigenvalue weighted by molar-refractivity contribution is -0.141. The number of aliphatic carboxylic acids is 1. The highest BCUT2D eigenvalue weighted by Gasteiger charge is 2.32. The van der Waals surface area contributed by atoms with Crippen LogP contribution in [-0.4, -0.2) is 30.6 Å². The van der Waals surface area contributed by atoms with Crippen molar-refractivity contribution >= 4 is 23.5 Å². The Kier molecular flexibility index (Phi) is 6.86. The average Bonchev–Trinajstić information content (AvgIpc) is 2.65. The second kappa shape index (κ2) is 8.91. The zero-order valence-electron chi connectivity index (χ0n) is 15.7. The van der Waals surface area contributed by atoms with Crippen LogP contribution in [0, 0.1) is 5.92 Å². The molecule has 5 nitrogen and oxygen atoms in total. The molecule has 1 unspecified atom stereocenters. The molecule has 0 spiro atoms. The number of hydrogen-bond acceptors (Lipinski definition) is 3. The molecule has 0 radical (unpaired) electrons. The van der Waals surface area contributed by atoms with Gasteiger partial charge in [0.2, 0.25) is 5.91 Å². The van der Waals surface area contributed by atoms with Crippen molar-refractivity contribution in [1.29, 1.82) is 0 Å². The van der Waals surface area contributed by atoms with Gasteiger partial charge in [-0.2, -0.15) is 0 Å². The second-order valence-corrected chi connectivity index (χ2v) is 7.27. The molecule has 0 bridgehead atoms. The van der Waals surface area contributed by atoms with Crippen molar-refractivity contribution in [2.75, 3.05) is 13.7 Å². The van der Waals surface area contributed by atoms with E-state index < -0.39 is 17.3 Å². The van der Waals surface area contributed by atoms with Gasteiger partial charge in [-0.3, -0.25) is 9.59 Å². The van der Waals surface area contributed by atoms with E-state index in [1.54, 1.807) is 45.2 Å². The van der Waals surface area contributed by atoms with E-state index in [1.807, 2.05) is 24.3 Å². The van der Waals surface area contributed by atoms with E-state index in [0.717, 1.165) is 5.56 Å². The van der Waals surface area contributed by atoms with E-state index in [-0.39, 0.29) is 18.9 Å². The summed E-state index contributed by atoms with van der Waals surface area (Å²) in [7, 11) is 1.54. The monoisotopic (exact) mass is 389 g/mol. The van der Waals surface area contributed by atoms with Crippen LogP contribution in [0.2, 0.25) is 5.02 Å². The molecule has 144 valence electrons. The van der Waals surface area contributed by atoms with Gasteiger partial charge < -0.3 is 15.2 Å². The molecule has 2 N–H and O–H groups in total. The van der Waals surface area contributed by atoms with Crippen molar-refractivity contribution < 1.29 is 19.4 Å². The molecule has 1 atom stereocenters. The van der Waals surface area contributed by atoms with Crippen LogP contribution in [-0.2, 0) is 21.4 Å². The van der Waals surface area contributed by atoms with Crippen molar-refractivity contribution in [3.05, 3.63) is 64.7 Å². The third-order valence-corrected chi connectivity index (χ3v) is 4.96. The third-order valence-electron chi connectivity index (χ3n) is 4.63. The Bertz CT molecular complexity index is 819. The summed E-state index contributed by atoms with van der Waals surface area (Å²) in [6.45, 7) is 3.54. The standard InChI is InChI=1S/C21H24ClNO4/c1-21(2,16-9-5-6-10-17(16)22)20(26)23-13-15(19(24)25)12-14-8-4-7-11-18(14)27-3/h4-11,15H,12-13H2,1-3H3,(H,23,26)(H,24,25). The van der Waals surface area contributed by atoms with Crippen LogP contribution < -0.4 is 10.1 Å². The van der Waals surface area contributed by atoms with Gasteiger partial charge in [0.15, 0.2) is 0 Å². The Balaban J connectivity index is 2.10. The fourth-order valence-corrected chi connectivity index (χ4v) is 3.28. The largest absolute Gasteiger partial charge is 0.496 e. The number of carboxylic acids is 1. The van der Waals surface area contributed by atoms with Crippen molar-refractivity contribution in [2.45, 2.75) is 25.7 Å². The number of methoxy groups -OCH3 is 1. The van der Waals surface area contributed by atoms with Crippen molar-refractivity contribution in [1.82, 2.24) is 5.32 Å². The third kappa shape index (κ3) is 5.01. The summed E-state index contributed by atoms with van der Waals surface area (Å²) in [5.41, 5.74) is 0.596. The van der Waals surface area contributed by atoms with Crippen molar-refractivity contribution in [3.63, 3.8) is 0 Å². The normalized spacial score (nSPS) is 12.3. The first kappa shape index (κ1) is 20.8. The minimum absolute atomic E-state index is 0.0140. The maximum absolute atomic E-state index is 12.7. The lowest BCUT2D eigenvalue weighted by Gasteiger charge is -2.26. The topological polar surface area (TPSA) is 75.6 Å². The Labute approximate surface area is 164 Å². The molecule has 0 aliphatic heterocycles. The smallest absolute Gasteiger partial charge is 0.308 e. The van der Waals surface area contributed by atoms with Crippen molar-refractivity contribution in [3.8, 4) is 5.75 Å². The summed E-state index contributed by atoms with van der Waals surface area (Å²) in [5.74, 6) is -1.39. The SMILES string of the molecule is COc1ccccc1CC(CNC(=O)C(C)(C)c1ccccc1Cl)C(=O)O. The Morgan fingerprint density at radius 2 is 1.78 bits per heavy atom. The predicted molar refractivity (Wildman–Crippen MR) is 105 cm³/mol. The average molecular weight is 390 g/mol. The van der Waals surface area contributed by atoms with Crippen LogP contribution in [0.3, 0.4) is 0 Å². The molecule has 6 heteroatoms. The van der Waals surface area contributed by atoms with E-state index in [0.29, 0.717) is 16.3 Å². The number of carbonyl (C=O) groups is 2. The zero-order valence-corrected chi connectivity index (χ0v) is 16.4. The first-order chi connectivity index (χ1) is 12.8. The molecule has 0 aliphatic carbocycles. The summed E-state index contributed by atoms with van der Waals surface area (Å²) in [6, 6.07) is 14.4. The van der Waals surface area contributed by atoms with Gasteiger partial charge in [-0.1, -0.05) is 48.0 Å². The number of ether oxygens (including phenoxy) is 1. The van der Waals surface area contributed by atoms with Crippen molar-refractivity contribution in [2.24, 2.45) is 5.92 Å². The lowest BCUT2D eigenvalue weighted by Crippen LogP contribution is -2.43. The molecule has 0 saturated heterocycles. The van der Waals surface area contributed by atoms with Crippen LogP contribution in [0.1, 0.15) is 25.0 Å². The maximum Gasteiger partial charge on any atom is 0.308 e. The van der Waals surface area contributed by atoms with Gasteiger partial charge in [0.1, 0.15) is 5.75 Å².